The fraction of sp³-hybridized carbons (Fsp3) is 0.440. The average Bonchev–Trinajstić information content (AvgIpc) is 2.78. The molecule has 0 bridgehead atoms. The summed E-state index contributed by atoms with van der Waals surface area (Å²) in [5.74, 6) is -0.538. The summed E-state index contributed by atoms with van der Waals surface area (Å²) in [6.07, 6.45) is 1.38. The van der Waals surface area contributed by atoms with Crippen molar-refractivity contribution in [3.63, 3.8) is 0 Å². The Hall–Kier alpha value is -2.29. The zero-order valence-corrected chi connectivity index (χ0v) is 23.0. The van der Waals surface area contributed by atoms with Gasteiger partial charge in [0.15, 0.2) is 0 Å². The Kier molecular flexibility index (Phi) is 10.4. The number of sulfonamides is 1. The molecular weight excluding hydrogens is 509 g/mol. The van der Waals surface area contributed by atoms with Crippen molar-refractivity contribution in [3.05, 3.63) is 63.6 Å². The lowest BCUT2D eigenvalue weighted by atomic mass is 10.1. The van der Waals surface area contributed by atoms with Gasteiger partial charge in [0.05, 0.1) is 22.0 Å². The molecule has 0 unspecified atom stereocenters. The van der Waals surface area contributed by atoms with E-state index >= 15 is 0 Å². The van der Waals surface area contributed by atoms with Crippen LogP contribution in [-0.2, 0) is 26.2 Å². The van der Waals surface area contributed by atoms with Crippen LogP contribution in [0.2, 0.25) is 10.0 Å². The van der Waals surface area contributed by atoms with E-state index < -0.39 is 28.5 Å². The third-order valence-corrected chi connectivity index (χ3v) is 7.29. The van der Waals surface area contributed by atoms with Gasteiger partial charge in [-0.1, -0.05) is 73.8 Å². The molecule has 0 aliphatic carbocycles. The Balaban J connectivity index is 2.43. The number of hydrogen-bond acceptors (Lipinski definition) is 4. The van der Waals surface area contributed by atoms with Gasteiger partial charge in [-0.15, -0.1) is 0 Å². The normalized spacial score (nSPS) is 12.3. The summed E-state index contributed by atoms with van der Waals surface area (Å²) in [4.78, 5) is 28.1. The summed E-state index contributed by atoms with van der Waals surface area (Å²) in [5, 5.41) is 3.33. The summed E-state index contributed by atoms with van der Waals surface area (Å²) in [5.41, 5.74) is 2.11. The SMILES string of the molecule is CC[C@H](C(=O)NCC(C)C)N(Cc1ccc(C)cc1)C(=O)CN(c1ccc(Cl)c(Cl)c1)S(C)(=O)=O. The predicted octanol–water partition coefficient (Wildman–Crippen LogP) is 4.65. The van der Waals surface area contributed by atoms with E-state index in [1.165, 1.54) is 23.1 Å². The largest absolute Gasteiger partial charge is 0.354 e. The van der Waals surface area contributed by atoms with E-state index in [2.05, 4.69) is 5.32 Å². The molecule has 7 nitrogen and oxygen atoms in total. The van der Waals surface area contributed by atoms with Crippen molar-refractivity contribution in [1.29, 1.82) is 0 Å². The van der Waals surface area contributed by atoms with Gasteiger partial charge in [-0.3, -0.25) is 13.9 Å². The molecule has 0 saturated heterocycles. The van der Waals surface area contributed by atoms with Gasteiger partial charge in [0, 0.05) is 13.1 Å². The molecule has 0 spiro atoms. The third-order valence-electron chi connectivity index (χ3n) is 5.41. The lowest BCUT2D eigenvalue weighted by Crippen LogP contribution is -2.52. The van der Waals surface area contributed by atoms with Crippen LogP contribution in [0.5, 0.6) is 0 Å². The first-order chi connectivity index (χ1) is 16.3. The van der Waals surface area contributed by atoms with Gasteiger partial charge in [0.1, 0.15) is 12.6 Å². The van der Waals surface area contributed by atoms with Gasteiger partial charge in [-0.25, -0.2) is 8.42 Å². The minimum absolute atomic E-state index is 0.158. The summed E-state index contributed by atoms with van der Waals surface area (Å²) in [6.45, 7) is 7.89. The molecule has 10 heteroatoms. The van der Waals surface area contributed by atoms with Crippen molar-refractivity contribution in [2.24, 2.45) is 5.92 Å². The first-order valence-corrected chi connectivity index (χ1v) is 14.0. The Morgan fingerprint density at radius 1 is 1.03 bits per heavy atom. The highest BCUT2D eigenvalue weighted by molar-refractivity contribution is 7.92. The Morgan fingerprint density at radius 3 is 2.17 bits per heavy atom. The number of carbonyl (C=O) groups is 2. The summed E-state index contributed by atoms with van der Waals surface area (Å²) in [7, 11) is -3.85. The van der Waals surface area contributed by atoms with Crippen LogP contribution in [0.15, 0.2) is 42.5 Å². The number of halogens is 2. The van der Waals surface area contributed by atoms with E-state index in [1.807, 2.05) is 52.0 Å². The molecule has 35 heavy (non-hydrogen) atoms. The molecule has 192 valence electrons. The number of nitrogens with one attached hydrogen (secondary N) is 1. The summed E-state index contributed by atoms with van der Waals surface area (Å²) in [6, 6.07) is 11.2. The molecule has 0 aliphatic heterocycles. The average molecular weight is 543 g/mol. The lowest BCUT2D eigenvalue weighted by Gasteiger charge is -2.33. The van der Waals surface area contributed by atoms with Crippen LogP contribution >= 0.6 is 23.2 Å². The molecule has 2 rings (SSSR count). The highest BCUT2D eigenvalue weighted by Crippen LogP contribution is 2.28. The molecule has 0 aromatic heterocycles. The van der Waals surface area contributed by atoms with Gasteiger partial charge >= 0.3 is 0 Å². The molecule has 1 N–H and O–H groups in total. The molecular formula is C25H33Cl2N3O4S. The Labute approximate surface area is 218 Å². The first-order valence-electron chi connectivity index (χ1n) is 11.4. The van der Waals surface area contributed by atoms with Crippen LogP contribution in [0.25, 0.3) is 0 Å². The smallest absolute Gasteiger partial charge is 0.244 e. The number of nitrogens with zero attached hydrogens (tertiary/aromatic N) is 2. The van der Waals surface area contributed by atoms with Gasteiger partial charge in [0.2, 0.25) is 21.8 Å². The number of hydrogen-bond donors (Lipinski definition) is 1. The van der Waals surface area contributed by atoms with Crippen LogP contribution in [0, 0.1) is 12.8 Å². The minimum Gasteiger partial charge on any atom is -0.354 e. The number of carbonyl (C=O) groups excluding carboxylic acids is 2. The zero-order valence-electron chi connectivity index (χ0n) is 20.7. The molecule has 1 atom stereocenters. The van der Waals surface area contributed by atoms with Crippen molar-refractivity contribution in [3.8, 4) is 0 Å². The van der Waals surface area contributed by atoms with Crippen molar-refractivity contribution >= 4 is 50.7 Å². The fourth-order valence-electron chi connectivity index (χ4n) is 3.49. The molecule has 0 fully saturated rings. The highest BCUT2D eigenvalue weighted by atomic mass is 35.5. The summed E-state index contributed by atoms with van der Waals surface area (Å²) < 4.78 is 26.2. The van der Waals surface area contributed by atoms with E-state index in [9.17, 15) is 18.0 Å². The highest BCUT2D eigenvalue weighted by Gasteiger charge is 2.31. The van der Waals surface area contributed by atoms with Crippen LogP contribution in [0.1, 0.15) is 38.3 Å². The standard InChI is InChI=1S/C25H33Cl2N3O4S/c1-6-23(25(32)28-14-17(2)3)29(15-19-9-7-18(4)8-10-19)24(31)16-30(35(5,33)34)20-11-12-21(26)22(27)13-20/h7-13,17,23H,6,14-16H2,1-5H3,(H,28,32)/t23-/m1/s1. The second-order valence-corrected chi connectivity index (χ2v) is 11.7. The van der Waals surface area contributed by atoms with Crippen LogP contribution < -0.4 is 9.62 Å². The molecule has 0 saturated carbocycles. The van der Waals surface area contributed by atoms with Gasteiger partial charge in [0.25, 0.3) is 0 Å². The van der Waals surface area contributed by atoms with E-state index in [0.29, 0.717) is 13.0 Å². The van der Waals surface area contributed by atoms with Gasteiger partial charge < -0.3 is 10.2 Å². The number of amides is 2. The number of aryl methyl sites for hydroxylation is 1. The Bertz CT molecular complexity index is 1140. The number of anilines is 1. The monoisotopic (exact) mass is 541 g/mol. The minimum atomic E-state index is -3.85. The van der Waals surface area contributed by atoms with E-state index in [0.717, 1.165) is 21.7 Å². The molecule has 2 aromatic carbocycles. The Morgan fingerprint density at radius 2 is 1.66 bits per heavy atom. The number of benzene rings is 2. The topological polar surface area (TPSA) is 86.8 Å². The molecule has 0 aliphatic rings. The fourth-order valence-corrected chi connectivity index (χ4v) is 4.62. The molecule has 0 heterocycles. The van der Waals surface area contributed by atoms with Crippen LogP contribution in [0.3, 0.4) is 0 Å². The van der Waals surface area contributed by atoms with Gasteiger partial charge in [-0.2, -0.15) is 0 Å². The maximum atomic E-state index is 13.6. The van der Waals surface area contributed by atoms with Crippen molar-refractivity contribution in [2.75, 3.05) is 23.7 Å². The number of rotatable bonds is 11. The lowest BCUT2D eigenvalue weighted by molar-refractivity contribution is -0.140. The van der Waals surface area contributed by atoms with E-state index in [-0.39, 0.29) is 34.1 Å². The maximum Gasteiger partial charge on any atom is 0.244 e. The van der Waals surface area contributed by atoms with E-state index in [4.69, 9.17) is 23.2 Å². The third kappa shape index (κ3) is 8.40. The van der Waals surface area contributed by atoms with Gasteiger partial charge in [-0.05, 0) is 43.0 Å². The van der Waals surface area contributed by atoms with Crippen molar-refractivity contribution in [1.82, 2.24) is 10.2 Å². The first kappa shape index (κ1) is 28.9. The quantitative estimate of drug-likeness (QED) is 0.448. The second kappa shape index (κ2) is 12.6. The molecule has 0 radical (unpaired) electrons. The molecule has 2 amide bonds. The predicted molar refractivity (Wildman–Crippen MR) is 142 cm³/mol. The summed E-state index contributed by atoms with van der Waals surface area (Å²) >= 11 is 12.1. The van der Waals surface area contributed by atoms with E-state index in [1.54, 1.807) is 0 Å². The van der Waals surface area contributed by atoms with Crippen molar-refractivity contribution in [2.45, 2.75) is 46.7 Å². The van der Waals surface area contributed by atoms with Crippen molar-refractivity contribution < 1.29 is 18.0 Å². The molecule has 2 aromatic rings. The second-order valence-electron chi connectivity index (χ2n) is 8.94. The maximum absolute atomic E-state index is 13.6. The van der Waals surface area contributed by atoms with Crippen LogP contribution in [0.4, 0.5) is 5.69 Å². The van der Waals surface area contributed by atoms with Crippen LogP contribution in [-0.4, -0.2) is 50.5 Å². The zero-order chi connectivity index (χ0) is 26.3.